The lowest BCUT2D eigenvalue weighted by molar-refractivity contribution is 0.185. The number of hydrogen-bond acceptors (Lipinski definition) is 5. The molecule has 0 spiro atoms. The van der Waals surface area contributed by atoms with Gasteiger partial charge in [0, 0.05) is 19.6 Å². The first-order valence-electron chi connectivity index (χ1n) is 5.52. The molecule has 2 rings (SSSR count). The fourth-order valence-electron chi connectivity index (χ4n) is 1.67. The van der Waals surface area contributed by atoms with Gasteiger partial charge in [0.1, 0.15) is 0 Å². The Balaban J connectivity index is 1.97. The topological polar surface area (TPSA) is 49.2 Å². The number of hydrogen-bond donors (Lipinski definition) is 1. The average Bonchev–Trinajstić information content (AvgIpc) is 2.83. The molecule has 0 bridgehead atoms. The highest BCUT2D eigenvalue weighted by Crippen LogP contribution is 2.10. The molecular weight excluding hydrogens is 234 g/mol. The molecule has 0 amide bonds. The van der Waals surface area contributed by atoms with E-state index in [1.807, 2.05) is 18.2 Å². The summed E-state index contributed by atoms with van der Waals surface area (Å²) in [4.78, 5) is 3.30. The number of nitrogens with zero attached hydrogens (tertiary/aromatic N) is 3. The molecule has 1 heterocycles. The fourth-order valence-corrected chi connectivity index (χ4v) is 2.21. The molecule has 90 valence electrons. The first-order valence-corrected chi connectivity index (χ1v) is 6.29. The van der Waals surface area contributed by atoms with Crippen molar-refractivity contribution in [3.05, 3.63) is 47.0 Å². The zero-order chi connectivity index (χ0) is 11.9. The van der Waals surface area contributed by atoms with Crippen LogP contribution in [0.1, 0.15) is 10.4 Å². The first kappa shape index (κ1) is 12.2. The van der Waals surface area contributed by atoms with Gasteiger partial charge in [-0.3, -0.25) is 4.90 Å². The van der Waals surface area contributed by atoms with Crippen molar-refractivity contribution in [2.24, 2.45) is 0 Å². The van der Waals surface area contributed by atoms with E-state index in [0.717, 1.165) is 18.0 Å². The summed E-state index contributed by atoms with van der Waals surface area (Å²) >= 11 is 1.40. The second-order valence-corrected chi connectivity index (χ2v) is 4.67. The lowest BCUT2D eigenvalue weighted by Crippen LogP contribution is -2.25. The molecule has 1 aromatic carbocycles. The monoisotopic (exact) mass is 249 g/mol. The van der Waals surface area contributed by atoms with Crippen LogP contribution in [-0.2, 0) is 13.1 Å². The Bertz CT molecular complexity index is 419. The minimum atomic E-state index is 0.166. The molecule has 0 aliphatic carbocycles. The quantitative estimate of drug-likeness (QED) is 0.843. The number of aromatic nitrogens is 2. The Labute approximate surface area is 105 Å². The van der Waals surface area contributed by atoms with Crippen molar-refractivity contribution >= 4 is 11.5 Å². The molecule has 0 saturated heterocycles. The van der Waals surface area contributed by atoms with Gasteiger partial charge in [0.2, 0.25) is 0 Å². The van der Waals surface area contributed by atoms with Crippen LogP contribution >= 0.6 is 11.5 Å². The molecule has 17 heavy (non-hydrogen) atoms. The molecule has 0 unspecified atom stereocenters. The normalized spacial score (nSPS) is 10.9. The summed E-state index contributed by atoms with van der Waals surface area (Å²) in [7, 11) is 0. The van der Waals surface area contributed by atoms with Crippen molar-refractivity contribution < 1.29 is 5.11 Å². The maximum atomic E-state index is 9.07. The lowest BCUT2D eigenvalue weighted by atomic mass is 10.2. The third kappa shape index (κ3) is 3.89. The SMILES string of the molecule is OCCN(Cc1ccccc1)Cc1cnns1. The molecule has 1 aromatic heterocycles. The van der Waals surface area contributed by atoms with E-state index in [-0.39, 0.29) is 6.61 Å². The minimum absolute atomic E-state index is 0.166. The second-order valence-electron chi connectivity index (χ2n) is 3.80. The number of rotatable bonds is 6. The standard InChI is InChI=1S/C12H15N3OS/c16-7-6-15(10-12-8-13-14-17-12)9-11-4-2-1-3-5-11/h1-5,8,16H,6-7,9-10H2. The molecule has 5 heteroatoms. The Morgan fingerprint density at radius 2 is 2.00 bits per heavy atom. The molecule has 0 fully saturated rings. The van der Waals surface area contributed by atoms with Crippen LogP contribution in [0.3, 0.4) is 0 Å². The Morgan fingerprint density at radius 1 is 1.18 bits per heavy atom. The third-order valence-electron chi connectivity index (χ3n) is 2.45. The molecular formula is C12H15N3OS. The highest BCUT2D eigenvalue weighted by Gasteiger charge is 2.07. The van der Waals surface area contributed by atoms with Gasteiger partial charge in [0.25, 0.3) is 0 Å². The van der Waals surface area contributed by atoms with Crippen molar-refractivity contribution in [3.63, 3.8) is 0 Å². The Hall–Kier alpha value is -1.30. The molecule has 0 atom stereocenters. The largest absolute Gasteiger partial charge is 0.395 e. The van der Waals surface area contributed by atoms with Gasteiger partial charge in [0.15, 0.2) is 0 Å². The Kier molecular flexibility index (Phi) is 4.61. The van der Waals surface area contributed by atoms with Crippen LogP contribution in [0.5, 0.6) is 0 Å². The zero-order valence-electron chi connectivity index (χ0n) is 9.49. The summed E-state index contributed by atoms with van der Waals surface area (Å²) in [5, 5.41) is 12.9. The van der Waals surface area contributed by atoms with Gasteiger partial charge in [-0.1, -0.05) is 34.8 Å². The molecule has 0 radical (unpaired) electrons. The van der Waals surface area contributed by atoms with Crippen LogP contribution in [0.4, 0.5) is 0 Å². The van der Waals surface area contributed by atoms with Crippen LogP contribution in [0.2, 0.25) is 0 Å². The number of aliphatic hydroxyl groups is 1. The first-order chi connectivity index (χ1) is 8.38. The van der Waals surface area contributed by atoms with Crippen LogP contribution in [0, 0.1) is 0 Å². The second kappa shape index (κ2) is 6.44. The van der Waals surface area contributed by atoms with E-state index in [1.165, 1.54) is 17.1 Å². The van der Waals surface area contributed by atoms with E-state index in [0.29, 0.717) is 6.54 Å². The van der Waals surface area contributed by atoms with Crippen LogP contribution < -0.4 is 0 Å². The predicted molar refractivity (Wildman–Crippen MR) is 67.6 cm³/mol. The number of aliphatic hydroxyl groups excluding tert-OH is 1. The van der Waals surface area contributed by atoms with Crippen molar-refractivity contribution in [2.45, 2.75) is 13.1 Å². The molecule has 0 aliphatic heterocycles. The molecule has 1 N–H and O–H groups in total. The summed E-state index contributed by atoms with van der Waals surface area (Å²) in [5.74, 6) is 0. The molecule has 2 aromatic rings. The van der Waals surface area contributed by atoms with Crippen LogP contribution in [-0.4, -0.2) is 32.7 Å². The average molecular weight is 249 g/mol. The van der Waals surface area contributed by atoms with Gasteiger partial charge < -0.3 is 5.11 Å². The maximum Gasteiger partial charge on any atom is 0.0666 e. The van der Waals surface area contributed by atoms with E-state index in [2.05, 4.69) is 26.6 Å². The Morgan fingerprint density at radius 3 is 2.65 bits per heavy atom. The van der Waals surface area contributed by atoms with Crippen LogP contribution in [0.25, 0.3) is 0 Å². The van der Waals surface area contributed by atoms with E-state index in [1.54, 1.807) is 6.20 Å². The fraction of sp³-hybridized carbons (Fsp3) is 0.333. The van der Waals surface area contributed by atoms with E-state index in [9.17, 15) is 0 Å². The summed E-state index contributed by atoms with van der Waals surface area (Å²) < 4.78 is 3.84. The third-order valence-corrected chi connectivity index (χ3v) is 3.10. The van der Waals surface area contributed by atoms with Crippen LogP contribution in [0.15, 0.2) is 36.5 Å². The van der Waals surface area contributed by atoms with Gasteiger partial charge in [0.05, 0.1) is 17.7 Å². The highest BCUT2D eigenvalue weighted by molar-refractivity contribution is 7.05. The summed E-state index contributed by atoms with van der Waals surface area (Å²) in [6.45, 7) is 2.44. The minimum Gasteiger partial charge on any atom is -0.395 e. The van der Waals surface area contributed by atoms with E-state index < -0.39 is 0 Å². The molecule has 0 saturated carbocycles. The summed E-state index contributed by atoms with van der Waals surface area (Å²) in [5.41, 5.74) is 1.25. The van der Waals surface area contributed by atoms with Gasteiger partial charge >= 0.3 is 0 Å². The highest BCUT2D eigenvalue weighted by atomic mass is 32.1. The predicted octanol–water partition coefficient (Wildman–Crippen LogP) is 1.53. The van der Waals surface area contributed by atoms with E-state index >= 15 is 0 Å². The van der Waals surface area contributed by atoms with Gasteiger partial charge in [-0.15, -0.1) is 5.10 Å². The summed E-state index contributed by atoms with van der Waals surface area (Å²) in [6.07, 6.45) is 1.78. The van der Waals surface area contributed by atoms with Crippen molar-refractivity contribution in [3.8, 4) is 0 Å². The van der Waals surface area contributed by atoms with Crippen molar-refractivity contribution in [1.29, 1.82) is 0 Å². The van der Waals surface area contributed by atoms with Gasteiger partial charge in [-0.25, -0.2) is 0 Å². The van der Waals surface area contributed by atoms with E-state index in [4.69, 9.17) is 5.11 Å². The van der Waals surface area contributed by atoms with Crippen molar-refractivity contribution in [1.82, 2.24) is 14.5 Å². The zero-order valence-corrected chi connectivity index (χ0v) is 10.3. The van der Waals surface area contributed by atoms with Gasteiger partial charge in [-0.05, 0) is 17.1 Å². The maximum absolute atomic E-state index is 9.07. The smallest absolute Gasteiger partial charge is 0.0666 e. The van der Waals surface area contributed by atoms with Crippen molar-refractivity contribution in [2.75, 3.05) is 13.2 Å². The number of benzene rings is 1. The molecule has 0 aliphatic rings. The summed E-state index contributed by atoms with van der Waals surface area (Å²) in [6, 6.07) is 10.2. The molecule has 4 nitrogen and oxygen atoms in total. The van der Waals surface area contributed by atoms with Gasteiger partial charge in [-0.2, -0.15) is 0 Å². The lowest BCUT2D eigenvalue weighted by Gasteiger charge is -2.20.